The smallest absolute Gasteiger partial charge is 0.255 e. The van der Waals surface area contributed by atoms with E-state index in [2.05, 4.69) is 42.4 Å². The molecule has 0 bridgehead atoms. The molecule has 0 unspecified atom stereocenters. The largest absolute Gasteiger partial charge is 0.392 e. The summed E-state index contributed by atoms with van der Waals surface area (Å²) < 4.78 is 0. The van der Waals surface area contributed by atoms with Crippen molar-refractivity contribution in [1.29, 1.82) is 0 Å². The number of carbonyl (C=O) groups is 1. The maximum absolute atomic E-state index is 12.9. The Kier molecular flexibility index (Phi) is 7.98. The van der Waals surface area contributed by atoms with Crippen molar-refractivity contribution in [3.63, 3.8) is 0 Å². The van der Waals surface area contributed by atoms with Gasteiger partial charge in [-0.05, 0) is 55.1 Å². The van der Waals surface area contributed by atoms with Crippen LogP contribution in [0, 0.1) is 0 Å². The number of aliphatic hydroxyl groups excluding tert-OH is 1. The molecular formula is C29H31N7O2. The molecule has 1 amide bonds. The van der Waals surface area contributed by atoms with Crippen LogP contribution in [0.1, 0.15) is 21.5 Å². The quantitative estimate of drug-likeness (QED) is 0.330. The number of benzene rings is 2. The number of hydrogen-bond acceptors (Lipinski definition) is 8. The molecule has 194 valence electrons. The Morgan fingerprint density at radius 2 is 1.82 bits per heavy atom. The van der Waals surface area contributed by atoms with E-state index in [9.17, 15) is 9.90 Å². The fraction of sp³-hybridized carbons (Fsp3) is 0.241. The Hall–Kier alpha value is -4.18. The summed E-state index contributed by atoms with van der Waals surface area (Å²) in [6, 6.07) is 18.6. The Labute approximate surface area is 222 Å². The van der Waals surface area contributed by atoms with Crippen molar-refractivity contribution in [3.8, 4) is 11.3 Å². The normalized spacial score (nSPS) is 14.3. The van der Waals surface area contributed by atoms with Gasteiger partial charge in [-0.15, -0.1) is 0 Å². The highest BCUT2D eigenvalue weighted by molar-refractivity contribution is 6.04. The minimum Gasteiger partial charge on any atom is -0.392 e. The van der Waals surface area contributed by atoms with Crippen LogP contribution in [0.5, 0.6) is 0 Å². The second-order valence-electron chi connectivity index (χ2n) is 9.39. The van der Waals surface area contributed by atoms with E-state index in [1.54, 1.807) is 36.8 Å². The van der Waals surface area contributed by atoms with Crippen molar-refractivity contribution in [3.05, 3.63) is 95.9 Å². The van der Waals surface area contributed by atoms with E-state index in [4.69, 9.17) is 0 Å². The highest BCUT2D eigenvalue weighted by Gasteiger charge is 2.15. The summed E-state index contributed by atoms with van der Waals surface area (Å²) >= 11 is 0. The van der Waals surface area contributed by atoms with E-state index >= 15 is 0 Å². The first-order chi connectivity index (χ1) is 18.6. The summed E-state index contributed by atoms with van der Waals surface area (Å²) in [6.45, 7) is 4.98. The maximum atomic E-state index is 12.9. The summed E-state index contributed by atoms with van der Waals surface area (Å²) in [5, 5.41) is 16.0. The van der Waals surface area contributed by atoms with Crippen molar-refractivity contribution in [1.82, 2.24) is 24.8 Å². The summed E-state index contributed by atoms with van der Waals surface area (Å²) in [7, 11) is 2.15. The van der Waals surface area contributed by atoms with Crippen molar-refractivity contribution in [2.75, 3.05) is 43.9 Å². The molecule has 0 spiro atoms. The average molecular weight is 510 g/mol. The molecule has 1 aliphatic rings. The fourth-order valence-electron chi connectivity index (χ4n) is 4.35. The number of likely N-dealkylation sites (N-methyl/N-ethyl adjacent to an activating group) is 1. The first-order valence-electron chi connectivity index (χ1n) is 12.6. The minimum atomic E-state index is -0.200. The molecule has 1 saturated heterocycles. The molecule has 0 saturated carbocycles. The number of rotatable bonds is 8. The van der Waals surface area contributed by atoms with Gasteiger partial charge in [0.2, 0.25) is 5.95 Å². The van der Waals surface area contributed by atoms with Gasteiger partial charge in [-0.1, -0.05) is 18.2 Å². The molecule has 0 radical (unpaired) electrons. The van der Waals surface area contributed by atoms with Gasteiger partial charge in [-0.2, -0.15) is 0 Å². The van der Waals surface area contributed by atoms with Crippen molar-refractivity contribution >= 4 is 23.2 Å². The summed E-state index contributed by atoms with van der Waals surface area (Å²) in [4.78, 5) is 30.7. The van der Waals surface area contributed by atoms with Crippen LogP contribution in [0.25, 0.3) is 11.3 Å². The molecule has 38 heavy (non-hydrogen) atoms. The highest BCUT2D eigenvalue weighted by atomic mass is 16.3. The zero-order chi connectivity index (χ0) is 26.3. The van der Waals surface area contributed by atoms with Crippen LogP contribution < -0.4 is 10.6 Å². The number of carbonyl (C=O) groups excluding carboxylic acids is 1. The van der Waals surface area contributed by atoms with E-state index in [1.165, 1.54) is 5.56 Å². The number of piperazine rings is 1. The predicted molar refractivity (Wildman–Crippen MR) is 148 cm³/mol. The molecule has 9 nitrogen and oxygen atoms in total. The Bertz CT molecular complexity index is 1370. The highest BCUT2D eigenvalue weighted by Crippen LogP contribution is 2.25. The van der Waals surface area contributed by atoms with Gasteiger partial charge in [-0.3, -0.25) is 14.7 Å². The van der Waals surface area contributed by atoms with Crippen LogP contribution >= 0.6 is 0 Å². The third-order valence-corrected chi connectivity index (χ3v) is 6.62. The van der Waals surface area contributed by atoms with Crippen molar-refractivity contribution in [2.45, 2.75) is 13.2 Å². The number of nitrogens with one attached hydrogen (secondary N) is 2. The zero-order valence-corrected chi connectivity index (χ0v) is 21.3. The van der Waals surface area contributed by atoms with Crippen LogP contribution in [0.2, 0.25) is 0 Å². The lowest BCUT2D eigenvalue weighted by Gasteiger charge is -2.32. The van der Waals surface area contributed by atoms with Gasteiger partial charge >= 0.3 is 0 Å². The lowest BCUT2D eigenvalue weighted by molar-refractivity contribution is 0.102. The Balaban J connectivity index is 1.26. The number of amides is 1. The van der Waals surface area contributed by atoms with Crippen LogP contribution in [0.15, 0.2) is 79.3 Å². The number of nitrogens with zero attached hydrogens (tertiary/aromatic N) is 5. The van der Waals surface area contributed by atoms with Crippen LogP contribution in [0.4, 0.5) is 17.3 Å². The summed E-state index contributed by atoms with van der Waals surface area (Å²) in [6.07, 6.45) is 5.11. The average Bonchev–Trinajstić information content (AvgIpc) is 2.95. The van der Waals surface area contributed by atoms with Gasteiger partial charge < -0.3 is 20.6 Å². The molecular weight excluding hydrogens is 478 g/mol. The van der Waals surface area contributed by atoms with Crippen LogP contribution in [-0.2, 0) is 13.2 Å². The number of aromatic nitrogens is 3. The van der Waals surface area contributed by atoms with Gasteiger partial charge in [0, 0.05) is 79.4 Å². The molecule has 2 aromatic heterocycles. The van der Waals surface area contributed by atoms with Gasteiger partial charge in [0.25, 0.3) is 5.91 Å². The Morgan fingerprint density at radius 1 is 1.00 bits per heavy atom. The third-order valence-electron chi connectivity index (χ3n) is 6.62. The monoisotopic (exact) mass is 509 g/mol. The molecule has 0 atom stereocenters. The molecule has 4 aromatic rings. The van der Waals surface area contributed by atoms with E-state index in [0.717, 1.165) is 44.0 Å². The third kappa shape index (κ3) is 6.38. The van der Waals surface area contributed by atoms with Crippen LogP contribution in [0.3, 0.4) is 0 Å². The topological polar surface area (TPSA) is 107 Å². The SMILES string of the molecule is CN1CCN(Cc2ccc(C(=O)Nc3ccc(CO)c(Nc4nccc(-c5cccnc5)n4)c3)cc2)CC1. The second kappa shape index (κ2) is 11.9. The number of anilines is 3. The molecule has 1 aliphatic heterocycles. The fourth-order valence-corrected chi connectivity index (χ4v) is 4.35. The number of pyridine rings is 1. The number of hydrogen-bond donors (Lipinski definition) is 3. The maximum Gasteiger partial charge on any atom is 0.255 e. The van der Waals surface area contributed by atoms with Gasteiger partial charge in [-0.25, -0.2) is 9.97 Å². The first kappa shape index (κ1) is 25.5. The molecule has 5 rings (SSSR count). The van der Waals surface area contributed by atoms with Crippen LogP contribution in [-0.4, -0.2) is 69.0 Å². The summed E-state index contributed by atoms with van der Waals surface area (Å²) in [5.74, 6) is 0.175. The van der Waals surface area contributed by atoms with Crippen molar-refractivity contribution < 1.29 is 9.90 Å². The predicted octanol–water partition coefficient (Wildman–Crippen LogP) is 3.77. The molecule has 1 fully saturated rings. The van der Waals surface area contributed by atoms with Gasteiger partial charge in [0.15, 0.2) is 0 Å². The van der Waals surface area contributed by atoms with Crippen molar-refractivity contribution in [2.24, 2.45) is 0 Å². The molecule has 3 N–H and O–H groups in total. The van der Waals surface area contributed by atoms with E-state index < -0.39 is 0 Å². The minimum absolute atomic E-state index is 0.173. The van der Waals surface area contributed by atoms with E-state index in [-0.39, 0.29) is 12.5 Å². The van der Waals surface area contributed by atoms with E-state index in [0.29, 0.717) is 28.5 Å². The first-order valence-corrected chi connectivity index (χ1v) is 12.6. The van der Waals surface area contributed by atoms with Gasteiger partial charge in [0.1, 0.15) is 0 Å². The zero-order valence-electron chi connectivity index (χ0n) is 21.3. The molecule has 9 heteroatoms. The molecule has 3 heterocycles. The van der Waals surface area contributed by atoms with Gasteiger partial charge in [0.05, 0.1) is 12.3 Å². The van der Waals surface area contributed by atoms with E-state index in [1.807, 2.05) is 42.5 Å². The molecule has 2 aromatic carbocycles. The molecule has 0 aliphatic carbocycles. The lowest BCUT2D eigenvalue weighted by Crippen LogP contribution is -2.43. The number of aliphatic hydroxyl groups is 1. The lowest BCUT2D eigenvalue weighted by atomic mass is 10.1. The summed E-state index contributed by atoms with van der Waals surface area (Å²) in [5.41, 5.74) is 5.23. The standard InChI is InChI=1S/C29H31N7O2/c1-35-13-15-36(16-14-35)19-21-4-6-22(7-5-21)28(38)32-25-9-8-24(20-37)27(17-25)34-29-31-12-10-26(33-29)23-3-2-11-30-18-23/h2-12,17-18,37H,13-16,19-20H2,1H3,(H,32,38)(H,31,33,34). The Morgan fingerprint density at radius 3 is 2.55 bits per heavy atom. The second-order valence-corrected chi connectivity index (χ2v) is 9.39.